The predicted octanol–water partition coefficient (Wildman–Crippen LogP) is 0.884. The second kappa shape index (κ2) is 15.5. The molecule has 0 spiro atoms. The molecule has 0 aliphatic heterocycles. The van der Waals surface area contributed by atoms with E-state index < -0.39 is 0 Å². The van der Waals surface area contributed by atoms with E-state index in [1.807, 2.05) is 0 Å². The molecule has 0 aromatic carbocycles. The average molecular weight is 272 g/mol. The van der Waals surface area contributed by atoms with Gasteiger partial charge in [0, 0.05) is 24.9 Å². The van der Waals surface area contributed by atoms with E-state index in [2.05, 4.69) is 31.6 Å². The molecule has 0 fully saturated rings. The molecule has 0 aromatic rings. The van der Waals surface area contributed by atoms with Crippen molar-refractivity contribution >= 4 is 11.8 Å². The molecule has 1 radical (unpaired) electrons. The summed E-state index contributed by atoms with van der Waals surface area (Å²) < 4.78 is 0. The molecule has 0 amide bonds. The first-order chi connectivity index (χ1) is 5.35. The van der Waals surface area contributed by atoms with Crippen LogP contribution in [0.3, 0.4) is 0 Å². The van der Waals surface area contributed by atoms with E-state index in [-0.39, 0.29) is 31.9 Å². The summed E-state index contributed by atoms with van der Waals surface area (Å²) in [4.78, 5) is 0. The molecule has 1 atom stereocenters. The Bertz CT molecular complexity index is 107. The molecule has 0 heterocycles. The van der Waals surface area contributed by atoms with Gasteiger partial charge in [0.1, 0.15) is 0 Å². The second-order valence-electron chi connectivity index (χ2n) is 2.80. The Hall–Kier alpha value is 1.00. The summed E-state index contributed by atoms with van der Waals surface area (Å²) in [5.74, 6) is 0.766. The number of rotatable bonds is 6. The maximum Gasteiger partial charge on any atom is 0.0165 e. The summed E-state index contributed by atoms with van der Waals surface area (Å²) in [5.41, 5.74) is 0. The molecule has 0 bridgehead atoms. The summed E-state index contributed by atoms with van der Waals surface area (Å²) in [5, 5.41) is 3.20. The van der Waals surface area contributed by atoms with Gasteiger partial charge >= 0.3 is 0 Å². The SMILES string of the molecule is CCCCC(C=[C]SC)CC.[Cl-].[Zn]. The van der Waals surface area contributed by atoms with E-state index in [1.165, 1.54) is 25.7 Å². The number of hydrogen-bond acceptors (Lipinski definition) is 1. The van der Waals surface area contributed by atoms with Crippen LogP contribution in [0.5, 0.6) is 0 Å². The smallest absolute Gasteiger partial charge is 0.0165 e. The van der Waals surface area contributed by atoms with Gasteiger partial charge in [-0.25, -0.2) is 0 Å². The first kappa shape index (κ1) is 19.6. The first-order valence-electron chi connectivity index (χ1n) is 4.47. The number of unbranched alkanes of at least 4 members (excludes halogenated alkanes) is 1. The van der Waals surface area contributed by atoms with Crippen molar-refractivity contribution in [3.63, 3.8) is 0 Å². The summed E-state index contributed by atoms with van der Waals surface area (Å²) >= 11 is 1.67. The number of halogens is 1. The standard InChI is InChI=1S/C10H19S.ClH.Zn/c1-4-6-7-10(5-2)8-9-11-3;;/h8,10H,4-7H2,1-3H3;1H;/p-1. The van der Waals surface area contributed by atoms with Crippen LogP contribution in [0.25, 0.3) is 0 Å². The molecule has 0 saturated heterocycles. The van der Waals surface area contributed by atoms with Gasteiger partial charge in [0.15, 0.2) is 0 Å². The molecular formula is C10H19ClSZn-. The third-order valence-electron chi connectivity index (χ3n) is 1.87. The van der Waals surface area contributed by atoms with Crippen molar-refractivity contribution in [2.75, 3.05) is 6.26 Å². The maximum absolute atomic E-state index is 3.20. The number of hydrogen-bond donors (Lipinski definition) is 0. The molecule has 13 heavy (non-hydrogen) atoms. The minimum atomic E-state index is 0. The zero-order valence-electron chi connectivity index (χ0n) is 8.98. The van der Waals surface area contributed by atoms with Crippen molar-refractivity contribution in [2.24, 2.45) is 5.92 Å². The van der Waals surface area contributed by atoms with E-state index >= 15 is 0 Å². The van der Waals surface area contributed by atoms with Gasteiger partial charge in [0.25, 0.3) is 0 Å². The van der Waals surface area contributed by atoms with E-state index in [9.17, 15) is 0 Å². The largest absolute Gasteiger partial charge is 1.00 e. The Morgan fingerprint density at radius 2 is 2.00 bits per heavy atom. The zero-order chi connectivity index (χ0) is 8.53. The van der Waals surface area contributed by atoms with Gasteiger partial charge in [0.2, 0.25) is 0 Å². The second-order valence-corrected chi connectivity index (χ2v) is 3.44. The summed E-state index contributed by atoms with van der Waals surface area (Å²) in [6.07, 6.45) is 9.53. The minimum absolute atomic E-state index is 0. The van der Waals surface area contributed by atoms with Crippen LogP contribution in [-0.2, 0) is 19.5 Å². The van der Waals surface area contributed by atoms with Crippen LogP contribution >= 0.6 is 11.8 Å². The molecule has 0 aliphatic rings. The Balaban J connectivity index is -0.000000500. The van der Waals surface area contributed by atoms with Crippen LogP contribution in [0.2, 0.25) is 0 Å². The van der Waals surface area contributed by atoms with Gasteiger partial charge in [-0.05, 0) is 25.0 Å². The van der Waals surface area contributed by atoms with Crippen molar-refractivity contribution in [1.82, 2.24) is 0 Å². The first-order valence-corrected chi connectivity index (χ1v) is 5.69. The fourth-order valence-electron chi connectivity index (χ4n) is 1.04. The quantitative estimate of drug-likeness (QED) is 0.647. The number of allylic oxidation sites excluding steroid dienone is 1. The van der Waals surface area contributed by atoms with Crippen LogP contribution in [0.1, 0.15) is 39.5 Å². The third kappa shape index (κ3) is 13.0. The Labute approximate surface area is 106 Å². The van der Waals surface area contributed by atoms with Gasteiger partial charge in [-0.1, -0.05) is 32.8 Å². The van der Waals surface area contributed by atoms with Crippen molar-refractivity contribution < 1.29 is 31.9 Å². The monoisotopic (exact) mass is 270 g/mol. The van der Waals surface area contributed by atoms with Crippen molar-refractivity contribution in [2.45, 2.75) is 39.5 Å². The predicted molar refractivity (Wildman–Crippen MR) is 54.6 cm³/mol. The molecule has 0 aromatic heterocycles. The maximum atomic E-state index is 3.20. The Morgan fingerprint density at radius 1 is 1.38 bits per heavy atom. The molecule has 0 saturated carbocycles. The fourth-order valence-corrected chi connectivity index (χ4v) is 1.36. The van der Waals surface area contributed by atoms with Crippen LogP contribution < -0.4 is 12.4 Å². The van der Waals surface area contributed by atoms with Gasteiger partial charge in [0.05, 0.1) is 0 Å². The molecular weight excluding hydrogens is 253 g/mol. The van der Waals surface area contributed by atoms with Crippen LogP contribution in [0.4, 0.5) is 0 Å². The molecule has 75 valence electrons. The molecule has 1 unspecified atom stereocenters. The van der Waals surface area contributed by atoms with Gasteiger partial charge in [-0.2, -0.15) is 0 Å². The van der Waals surface area contributed by atoms with Gasteiger partial charge in [-0.3, -0.25) is 0 Å². The Kier molecular flexibility index (Phi) is 23.3. The van der Waals surface area contributed by atoms with Gasteiger partial charge in [-0.15, -0.1) is 11.8 Å². The molecule has 0 nitrogen and oxygen atoms in total. The van der Waals surface area contributed by atoms with Crippen molar-refractivity contribution in [3.05, 3.63) is 11.5 Å². The Morgan fingerprint density at radius 3 is 2.38 bits per heavy atom. The molecule has 0 N–H and O–H groups in total. The fraction of sp³-hybridized carbons (Fsp3) is 0.800. The van der Waals surface area contributed by atoms with E-state index in [0.29, 0.717) is 0 Å². The van der Waals surface area contributed by atoms with Crippen LogP contribution in [0.15, 0.2) is 6.08 Å². The average Bonchev–Trinajstić information content (AvgIpc) is 2.05. The molecule has 0 rings (SSSR count). The van der Waals surface area contributed by atoms with E-state index in [4.69, 9.17) is 0 Å². The zero-order valence-corrected chi connectivity index (χ0v) is 13.5. The summed E-state index contributed by atoms with van der Waals surface area (Å²) in [6.45, 7) is 4.49. The molecule has 3 heteroatoms. The van der Waals surface area contributed by atoms with Gasteiger partial charge < -0.3 is 12.4 Å². The van der Waals surface area contributed by atoms with Crippen molar-refractivity contribution in [1.29, 1.82) is 0 Å². The number of thioether (sulfide) groups is 1. The van der Waals surface area contributed by atoms with Crippen molar-refractivity contribution in [3.8, 4) is 0 Å². The third-order valence-corrected chi connectivity index (χ3v) is 2.25. The van der Waals surface area contributed by atoms with Crippen LogP contribution in [0, 0.1) is 11.3 Å². The topological polar surface area (TPSA) is 0 Å². The summed E-state index contributed by atoms with van der Waals surface area (Å²) in [7, 11) is 0. The normalized spacial score (nSPS) is 11.9. The van der Waals surface area contributed by atoms with E-state index in [0.717, 1.165) is 5.92 Å². The van der Waals surface area contributed by atoms with Crippen LogP contribution in [-0.4, -0.2) is 6.26 Å². The summed E-state index contributed by atoms with van der Waals surface area (Å²) in [6, 6.07) is 0. The minimum Gasteiger partial charge on any atom is -1.00 e. The molecule has 0 aliphatic carbocycles. The van der Waals surface area contributed by atoms with E-state index in [1.54, 1.807) is 11.8 Å².